The Bertz CT molecular complexity index is 1210. The molecule has 33 heavy (non-hydrogen) atoms. The smallest absolute Gasteiger partial charge is 0.262 e. The van der Waals surface area contributed by atoms with Gasteiger partial charge in [0, 0.05) is 39.1 Å². The maximum absolute atomic E-state index is 12.9. The van der Waals surface area contributed by atoms with Crippen LogP contribution in [0.15, 0.2) is 29.3 Å². The molecule has 0 atom stereocenters. The number of amides is 1. The molecule has 0 saturated carbocycles. The van der Waals surface area contributed by atoms with E-state index in [9.17, 15) is 9.59 Å². The normalized spacial score (nSPS) is 14.2. The maximum atomic E-state index is 12.9. The molecule has 1 saturated heterocycles. The van der Waals surface area contributed by atoms with Crippen LogP contribution in [0.3, 0.4) is 0 Å². The van der Waals surface area contributed by atoms with Crippen molar-refractivity contribution in [3.05, 3.63) is 40.4 Å². The number of carbonyl (C=O) groups is 1. The molecule has 2 aromatic heterocycles. The zero-order chi connectivity index (χ0) is 23.4. The van der Waals surface area contributed by atoms with Gasteiger partial charge < -0.3 is 19.9 Å². The first-order valence-electron chi connectivity index (χ1n) is 10.4. The van der Waals surface area contributed by atoms with Crippen molar-refractivity contribution in [3.63, 3.8) is 0 Å². The van der Waals surface area contributed by atoms with Gasteiger partial charge in [-0.1, -0.05) is 0 Å². The van der Waals surface area contributed by atoms with Crippen LogP contribution in [0.1, 0.15) is 10.4 Å². The standard InChI is InChI=1S/C21H25N7O5/c1-27-19(30)14-3-4-15(33-10-7-28-5-8-32-9-6-28)17(31-2)16(14)25-21(27)26-18(29)13-11-23-20(22)24-12-13/h3-4,11-12H,5-10H2,1-2H3,(H2,22,23,24)(H,25,26,29). The summed E-state index contributed by atoms with van der Waals surface area (Å²) in [5.41, 5.74) is 5.58. The quantitative estimate of drug-likeness (QED) is 0.509. The lowest BCUT2D eigenvalue weighted by molar-refractivity contribution is 0.0321. The summed E-state index contributed by atoms with van der Waals surface area (Å²) in [6.07, 6.45) is 2.58. The van der Waals surface area contributed by atoms with Crippen LogP contribution in [0.25, 0.3) is 10.9 Å². The zero-order valence-electron chi connectivity index (χ0n) is 18.4. The Morgan fingerprint density at radius 3 is 2.67 bits per heavy atom. The van der Waals surface area contributed by atoms with Crippen LogP contribution in [0.5, 0.6) is 11.5 Å². The van der Waals surface area contributed by atoms with Gasteiger partial charge in [-0.05, 0) is 12.1 Å². The molecule has 12 heteroatoms. The monoisotopic (exact) mass is 455 g/mol. The number of ether oxygens (including phenoxy) is 3. The zero-order valence-corrected chi connectivity index (χ0v) is 18.4. The molecule has 12 nitrogen and oxygen atoms in total. The minimum Gasteiger partial charge on any atom is -0.491 e. The van der Waals surface area contributed by atoms with Crippen molar-refractivity contribution in [3.8, 4) is 11.5 Å². The highest BCUT2D eigenvalue weighted by Crippen LogP contribution is 2.33. The van der Waals surface area contributed by atoms with E-state index in [1.807, 2.05) is 0 Å². The van der Waals surface area contributed by atoms with Crippen molar-refractivity contribution < 1.29 is 19.0 Å². The summed E-state index contributed by atoms with van der Waals surface area (Å²) < 4.78 is 18.1. The lowest BCUT2D eigenvalue weighted by atomic mass is 10.2. The summed E-state index contributed by atoms with van der Waals surface area (Å²) in [5.74, 6) is 0.335. The van der Waals surface area contributed by atoms with Crippen LogP contribution in [0.4, 0.5) is 11.9 Å². The van der Waals surface area contributed by atoms with Crippen molar-refractivity contribution in [2.45, 2.75) is 0 Å². The number of nitrogens with one attached hydrogen (secondary N) is 1. The molecule has 1 aliphatic rings. The Kier molecular flexibility index (Phi) is 6.66. The molecule has 0 bridgehead atoms. The Morgan fingerprint density at radius 2 is 1.97 bits per heavy atom. The second-order valence-electron chi connectivity index (χ2n) is 7.38. The minimum absolute atomic E-state index is 0.0399. The number of hydrogen-bond donors (Lipinski definition) is 2. The number of nitrogens with two attached hydrogens (primary N) is 1. The predicted octanol–water partition coefficient (Wildman–Crippen LogP) is 0.278. The van der Waals surface area contributed by atoms with Crippen LogP contribution in [0, 0.1) is 0 Å². The molecule has 1 fully saturated rings. The Morgan fingerprint density at radius 1 is 1.24 bits per heavy atom. The van der Waals surface area contributed by atoms with Crippen molar-refractivity contribution in [1.29, 1.82) is 0 Å². The van der Waals surface area contributed by atoms with E-state index in [-0.39, 0.29) is 28.5 Å². The van der Waals surface area contributed by atoms with Crippen molar-refractivity contribution in [1.82, 2.24) is 24.4 Å². The van der Waals surface area contributed by atoms with E-state index in [4.69, 9.17) is 19.9 Å². The first kappa shape index (κ1) is 22.4. The van der Waals surface area contributed by atoms with Gasteiger partial charge in [0.1, 0.15) is 12.1 Å². The molecule has 0 radical (unpaired) electrons. The van der Waals surface area contributed by atoms with Crippen molar-refractivity contribution in [2.75, 3.05) is 57.6 Å². The Balaban J connectivity index is 1.60. The average molecular weight is 455 g/mol. The highest BCUT2D eigenvalue weighted by atomic mass is 16.5. The molecule has 3 aromatic rings. The van der Waals surface area contributed by atoms with Crippen LogP contribution >= 0.6 is 0 Å². The van der Waals surface area contributed by atoms with Gasteiger partial charge in [-0.2, -0.15) is 0 Å². The van der Waals surface area contributed by atoms with Crippen LogP contribution < -0.4 is 26.1 Å². The molecular weight excluding hydrogens is 430 g/mol. The van der Waals surface area contributed by atoms with Crippen LogP contribution in [-0.2, 0) is 11.8 Å². The molecule has 4 rings (SSSR count). The van der Waals surface area contributed by atoms with E-state index >= 15 is 0 Å². The lowest BCUT2D eigenvalue weighted by Gasteiger charge is -2.26. The van der Waals surface area contributed by atoms with E-state index in [2.05, 4.69) is 25.2 Å². The number of carbonyl (C=O) groups excluding carboxylic acids is 1. The second kappa shape index (κ2) is 9.79. The number of benzene rings is 1. The van der Waals surface area contributed by atoms with Gasteiger partial charge in [-0.15, -0.1) is 0 Å². The molecule has 0 aliphatic carbocycles. The van der Waals surface area contributed by atoms with Gasteiger partial charge in [0.15, 0.2) is 11.5 Å². The number of anilines is 2. The first-order chi connectivity index (χ1) is 16.0. The maximum Gasteiger partial charge on any atom is 0.262 e. The lowest BCUT2D eigenvalue weighted by Crippen LogP contribution is -2.38. The number of nitrogens with zero attached hydrogens (tertiary/aromatic N) is 5. The summed E-state index contributed by atoms with van der Waals surface area (Å²) in [7, 11) is 3.00. The van der Waals surface area contributed by atoms with Gasteiger partial charge >= 0.3 is 0 Å². The van der Waals surface area contributed by atoms with E-state index in [1.54, 1.807) is 12.1 Å². The van der Waals surface area contributed by atoms with E-state index in [1.165, 1.54) is 31.1 Å². The third kappa shape index (κ3) is 4.86. The number of rotatable bonds is 7. The van der Waals surface area contributed by atoms with Crippen LogP contribution in [-0.4, -0.2) is 76.9 Å². The van der Waals surface area contributed by atoms with Gasteiger partial charge in [0.05, 0.1) is 31.3 Å². The number of nitrogen functional groups attached to an aromatic ring is 1. The number of aromatic nitrogens is 4. The molecule has 3 heterocycles. The average Bonchev–Trinajstić information content (AvgIpc) is 2.83. The van der Waals surface area contributed by atoms with Gasteiger partial charge in [0.2, 0.25) is 11.9 Å². The third-order valence-electron chi connectivity index (χ3n) is 5.30. The Hall–Kier alpha value is -3.77. The molecule has 3 N–H and O–H groups in total. The van der Waals surface area contributed by atoms with Crippen molar-refractivity contribution >= 4 is 28.7 Å². The molecule has 1 amide bonds. The number of methoxy groups -OCH3 is 1. The summed E-state index contributed by atoms with van der Waals surface area (Å²) in [6.45, 7) is 4.32. The van der Waals surface area contributed by atoms with Crippen LogP contribution in [0.2, 0.25) is 0 Å². The third-order valence-corrected chi connectivity index (χ3v) is 5.30. The fourth-order valence-electron chi connectivity index (χ4n) is 3.46. The number of fused-ring (bicyclic) bond motifs is 1. The summed E-state index contributed by atoms with van der Waals surface area (Å²) >= 11 is 0. The number of morpholine rings is 1. The summed E-state index contributed by atoms with van der Waals surface area (Å²) in [5, 5.41) is 2.95. The number of hydrogen-bond acceptors (Lipinski definition) is 10. The second-order valence-corrected chi connectivity index (χ2v) is 7.38. The van der Waals surface area contributed by atoms with Gasteiger partial charge in [-0.3, -0.25) is 24.4 Å². The SMILES string of the molecule is COc1c(OCCN2CCOCC2)ccc2c(=O)n(C)c(NC(=O)c3cnc(N)nc3)nc12. The van der Waals surface area contributed by atoms with Gasteiger partial charge in [0.25, 0.3) is 11.5 Å². The largest absolute Gasteiger partial charge is 0.491 e. The van der Waals surface area contributed by atoms with E-state index < -0.39 is 5.91 Å². The summed E-state index contributed by atoms with van der Waals surface area (Å²) in [6, 6.07) is 3.32. The summed E-state index contributed by atoms with van der Waals surface area (Å²) in [4.78, 5) is 39.8. The molecule has 0 unspecified atom stereocenters. The molecule has 174 valence electrons. The molecular formula is C21H25N7O5. The predicted molar refractivity (Wildman–Crippen MR) is 121 cm³/mol. The fourth-order valence-corrected chi connectivity index (χ4v) is 3.46. The highest BCUT2D eigenvalue weighted by Gasteiger charge is 2.19. The highest BCUT2D eigenvalue weighted by molar-refractivity contribution is 6.03. The first-order valence-corrected chi connectivity index (χ1v) is 10.4. The molecule has 1 aliphatic heterocycles. The molecule has 0 spiro atoms. The fraction of sp³-hybridized carbons (Fsp3) is 0.381. The topological polar surface area (TPSA) is 147 Å². The van der Waals surface area contributed by atoms with Crippen molar-refractivity contribution in [2.24, 2.45) is 7.05 Å². The van der Waals surface area contributed by atoms with Gasteiger partial charge in [-0.25, -0.2) is 15.0 Å². The van der Waals surface area contributed by atoms with E-state index in [0.29, 0.717) is 36.7 Å². The molecule has 1 aromatic carbocycles. The Labute approximate surface area is 189 Å². The van der Waals surface area contributed by atoms with E-state index in [0.717, 1.165) is 19.6 Å². The minimum atomic E-state index is -0.534.